The summed E-state index contributed by atoms with van der Waals surface area (Å²) >= 11 is 1.57. The van der Waals surface area contributed by atoms with Gasteiger partial charge < -0.3 is 10.6 Å². The third-order valence-corrected chi connectivity index (χ3v) is 3.39. The molecule has 0 saturated heterocycles. The molecule has 0 unspecified atom stereocenters. The minimum absolute atomic E-state index is 0.0908. The van der Waals surface area contributed by atoms with E-state index in [4.69, 9.17) is 0 Å². The number of amides is 1. The van der Waals surface area contributed by atoms with Gasteiger partial charge in [0.05, 0.1) is 5.75 Å². The van der Waals surface area contributed by atoms with Gasteiger partial charge in [0.2, 0.25) is 5.91 Å². The second-order valence-electron chi connectivity index (χ2n) is 4.42. The first-order valence-electron chi connectivity index (χ1n) is 6.33. The Labute approximate surface area is 114 Å². The minimum atomic E-state index is 0.0908. The van der Waals surface area contributed by atoms with E-state index >= 15 is 0 Å². The third kappa shape index (κ3) is 6.07. The van der Waals surface area contributed by atoms with E-state index in [-0.39, 0.29) is 5.91 Å². The predicted octanol–water partition coefficient (Wildman–Crippen LogP) is 2.41. The van der Waals surface area contributed by atoms with Crippen molar-refractivity contribution in [2.75, 3.05) is 12.3 Å². The zero-order valence-corrected chi connectivity index (χ0v) is 12.1. The lowest BCUT2D eigenvalue weighted by Gasteiger charge is -2.08. The van der Waals surface area contributed by atoms with Gasteiger partial charge in [-0.15, -0.1) is 11.8 Å². The van der Waals surface area contributed by atoms with Crippen LogP contribution in [0.25, 0.3) is 0 Å². The highest BCUT2D eigenvalue weighted by Gasteiger charge is 2.01. The fraction of sp³-hybridized carbons (Fsp3) is 0.500. The standard InChI is InChI=1S/C14H22N2OS/c1-4-15-14(17)10-18-13-7-5-12(6-8-13)9-16-11(2)3/h5-8,11,16H,4,9-10H2,1-3H3,(H,15,17). The third-order valence-electron chi connectivity index (χ3n) is 2.38. The SMILES string of the molecule is CCNC(=O)CSc1ccc(CNC(C)C)cc1. The summed E-state index contributed by atoms with van der Waals surface area (Å²) in [4.78, 5) is 12.5. The van der Waals surface area contributed by atoms with Crippen molar-refractivity contribution in [2.24, 2.45) is 0 Å². The van der Waals surface area contributed by atoms with Crippen LogP contribution in [0.5, 0.6) is 0 Å². The number of carbonyl (C=O) groups excluding carboxylic acids is 1. The van der Waals surface area contributed by atoms with Crippen molar-refractivity contribution in [2.45, 2.75) is 38.3 Å². The van der Waals surface area contributed by atoms with Crippen LogP contribution >= 0.6 is 11.8 Å². The van der Waals surface area contributed by atoms with Gasteiger partial charge in [-0.2, -0.15) is 0 Å². The molecule has 100 valence electrons. The van der Waals surface area contributed by atoms with Crippen molar-refractivity contribution in [3.8, 4) is 0 Å². The van der Waals surface area contributed by atoms with Crippen LogP contribution in [0.3, 0.4) is 0 Å². The lowest BCUT2D eigenvalue weighted by atomic mass is 10.2. The van der Waals surface area contributed by atoms with Crippen LogP contribution in [0.1, 0.15) is 26.3 Å². The van der Waals surface area contributed by atoms with Crippen molar-refractivity contribution in [3.63, 3.8) is 0 Å². The highest BCUT2D eigenvalue weighted by atomic mass is 32.2. The molecule has 0 radical (unpaired) electrons. The summed E-state index contributed by atoms with van der Waals surface area (Å²) in [6.45, 7) is 7.78. The molecule has 0 aliphatic carbocycles. The first-order chi connectivity index (χ1) is 8.61. The lowest BCUT2D eigenvalue weighted by Crippen LogP contribution is -2.24. The van der Waals surface area contributed by atoms with E-state index in [1.54, 1.807) is 11.8 Å². The molecule has 0 atom stereocenters. The Balaban J connectivity index is 2.38. The number of thioether (sulfide) groups is 1. The van der Waals surface area contributed by atoms with Gasteiger partial charge in [0, 0.05) is 24.0 Å². The van der Waals surface area contributed by atoms with Crippen LogP contribution in [0.2, 0.25) is 0 Å². The van der Waals surface area contributed by atoms with Gasteiger partial charge in [-0.05, 0) is 24.6 Å². The van der Waals surface area contributed by atoms with Crippen molar-refractivity contribution in [1.29, 1.82) is 0 Å². The Kier molecular flexibility index (Phi) is 6.83. The zero-order valence-electron chi connectivity index (χ0n) is 11.3. The Bertz CT molecular complexity index is 363. The predicted molar refractivity (Wildman–Crippen MR) is 77.8 cm³/mol. The smallest absolute Gasteiger partial charge is 0.230 e. The summed E-state index contributed by atoms with van der Waals surface area (Å²) in [6.07, 6.45) is 0. The van der Waals surface area contributed by atoms with Crippen LogP contribution in [-0.2, 0) is 11.3 Å². The Morgan fingerprint density at radius 3 is 2.50 bits per heavy atom. The molecule has 1 aromatic carbocycles. The molecule has 1 aromatic rings. The number of hydrogen-bond donors (Lipinski definition) is 2. The Morgan fingerprint density at radius 1 is 1.28 bits per heavy atom. The molecular formula is C14H22N2OS. The summed E-state index contributed by atoms with van der Waals surface area (Å²) in [5, 5.41) is 6.17. The van der Waals surface area contributed by atoms with Gasteiger partial charge in [-0.3, -0.25) is 4.79 Å². The molecule has 3 nitrogen and oxygen atoms in total. The molecule has 4 heteroatoms. The van der Waals surface area contributed by atoms with Gasteiger partial charge >= 0.3 is 0 Å². The molecule has 18 heavy (non-hydrogen) atoms. The fourth-order valence-electron chi connectivity index (χ4n) is 1.42. The molecule has 1 rings (SSSR count). The van der Waals surface area contributed by atoms with E-state index in [2.05, 4.69) is 48.7 Å². The van der Waals surface area contributed by atoms with E-state index in [0.717, 1.165) is 11.4 Å². The normalized spacial score (nSPS) is 10.7. The van der Waals surface area contributed by atoms with E-state index in [0.29, 0.717) is 18.3 Å². The maximum Gasteiger partial charge on any atom is 0.230 e. The lowest BCUT2D eigenvalue weighted by molar-refractivity contribution is -0.118. The Morgan fingerprint density at radius 2 is 1.94 bits per heavy atom. The zero-order chi connectivity index (χ0) is 13.4. The molecule has 0 heterocycles. The molecule has 0 fully saturated rings. The van der Waals surface area contributed by atoms with Crippen LogP contribution in [-0.4, -0.2) is 24.2 Å². The molecule has 0 spiro atoms. The van der Waals surface area contributed by atoms with Crippen molar-refractivity contribution in [1.82, 2.24) is 10.6 Å². The number of hydrogen-bond acceptors (Lipinski definition) is 3. The highest BCUT2D eigenvalue weighted by Crippen LogP contribution is 2.18. The summed E-state index contributed by atoms with van der Waals surface area (Å²) in [5.74, 6) is 0.574. The maximum absolute atomic E-state index is 11.3. The van der Waals surface area contributed by atoms with Crippen LogP contribution < -0.4 is 10.6 Å². The van der Waals surface area contributed by atoms with Crippen LogP contribution in [0.15, 0.2) is 29.2 Å². The molecule has 0 aliphatic heterocycles. The molecule has 1 amide bonds. The summed E-state index contributed by atoms with van der Waals surface area (Å²) in [5.41, 5.74) is 1.27. The number of nitrogens with one attached hydrogen (secondary N) is 2. The van der Waals surface area contributed by atoms with E-state index in [1.807, 2.05) is 6.92 Å². The maximum atomic E-state index is 11.3. The summed E-state index contributed by atoms with van der Waals surface area (Å²) in [6, 6.07) is 8.85. The van der Waals surface area contributed by atoms with Crippen molar-refractivity contribution < 1.29 is 4.79 Å². The van der Waals surface area contributed by atoms with E-state index in [1.165, 1.54) is 5.56 Å². The highest BCUT2D eigenvalue weighted by molar-refractivity contribution is 8.00. The summed E-state index contributed by atoms with van der Waals surface area (Å²) in [7, 11) is 0. The van der Waals surface area contributed by atoms with E-state index < -0.39 is 0 Å². The first-order valence-corrected chi connectivity index (χ1v) is 7.32. The van der Waals surface area contributed by atoms with Gasteiger partial charge in [-0.1, -0.05) is 26.0 Å². The van der Waals surface area contributed by atoms with Gasteiger partial charge in [0.15, 0.2) is 0 Å². The topological polar surface area (TPSA) is 41.1 Å². The monoisotopic (exact) mass is 266 g/mol. The molecule has 0 bridgehead atoms. The summed E-state index contributed by atoms with van der Waals surface area (Å²) < 4.78 is 0. The van der Waals surface area contributed by atoms with Crippen LogP contribution in [0, 0.1) is 0 Å². The molecule has 0 saturated carbocycles. The Hall–Kier alpha value is -1.00. The molecule has 2 N–H and O–H groups in total. The molecule has 0 aliphatic rings. The minimum Gasteiger partial charge on any atom is -0.356 e. The first kappa shape index (κ1) is 15.1. The second kappa shape index (κ2) is 8.16. The fourth-order valence-corrected chi connectivity index (χ4v) is 2.15. The average Bonchev–Trinajstić information content (AvgIpc) is 2.35. The van der Waals surface area contributed by atoms with Crippen molar-refractivity contribution >= 4 is 17.7 Å². The number of carbonyl (C=O) groups is 1. The number of benzene rings is 1. The van der Waals surface area contributed by atoms with Gasteiger partial charge in [-0.25, -0.2) is 0 Å². The van der Waals surface area contributed by atoms with E-state index in [9.17, 15) is 4.79 Å². The number of rotatable bonds is 7. The quantitative estimate of drug-likeness (QED) is 0.745. The average molecular weight is 266 g/mol. The van der Waals surface area contributed by atoms with Gasteiger partial charge in [0.25, 0.3) is 0 Å². The largest absolute Gasteiger partial charge is 0.356 e. The molecule has 0 aromatic heterocycles. The van der Waals surface area contributed by atoms with Gasteiger partial charge in [0.1, 0.15) is 0 Å². The second-order valence-corrected chi connectivity index (χ2v) is 5.47. The van der Waals surface area contributed by atoms with Crippen molar-refractivity contribution in [3.05, 3.63) is 29.8 Å². The molecular weight excluding hydrogens is 244 g/mol. The van der Waals surface area contributed by atoms with Crippen LogP contribution in [0.4, 0.5) is 0 Å².